The Morgan fingerprint density at radius 1 is 1.22 bits per heavy atom. The third kappa shape index (κ3) is 7.58. The number of benzene rings is 1. The molecule has 9 heteroatoms. The van der Waals surface area contributed by atoms with Crippen molar-refractivity contribution in [1.29, 1.82) is 0 Å². The summed E-state index contributed by atoms with van der Waals surface area (Å²) in [6, 6.07) is 8.12. The number of carbonyl (C=O) groups excluding carboxylic acids is 2. The van der Waals surface area contributed by atoms with Crippen LogP contribution in [0.25, 0.3) is 0 Å². The van der Waals surface area contributed by atoms with Gasteiger partial charge in [0.05, 0.1) is 23.7 Å². The van der Waals surface area contributed by atoms with E-state index in [1.165, 1.54) is 11.0 Å². The van der Waals surface area contributed by atoms with E-state index in [1.54, 1.807) is 66.9 Å². The van der Waals surface area contributed by atoms with Crippen molar-refractivity contribution in [3.8, 4) is 5.75 Å². The number of carbonyl (C=O) groups is 2. The molecule has 1 aliphatic heterocycles. The van der Waals surface area contributed by atoms with Gasteiger partial charge in [-0.2, -0.15) is 5.10 Å². The number of nitrogens with zero attached hydrogens (tertiary/aromatic N) is 4. The molecule has 1 unspecified atom stereocenters. The number of anilines is 1. The lowest BCUT2D eigenvalue weighted by atomic mass is 10.1. The Kier molecular flexibility index (Phi) is 9.56. The molecule has 0 bridgehead atoms. The average molecular weight is 517 g/mol. The van der Waals surface area contributed by atoms with Crippen LogP contribution in [0.4, 0.5) is 5.82 Å². The Bertz CT molecular complexity index is 1080. The summed E-state index contributed by atoms with van der Waals surface area (Å²) in [4.78, 5) is 29.6. The number of unbranched alkanes of at least 4 members (excludes halogenated alkanes) is 4. The molecule has 196 valence electrons. The Balaban J connectivity index is 1.72. The zero-order valence-electron chi connectivity index (χ0n) is 21.6. The molecule has 0 saturated heterocycles. The fourth-order valence-electron chi connectivity index (χ4n) is 4.12. The van der Waals surface area contributed by atoms with E-state index in [9.17, 15) is 14.7 Å². The van der Waals surface area contributed by atoms with Crippen molar-refractivity contribution in [1.82, 2.24) is 14.7 Å². The van der Waals surface area contributed by atoms with E-state index in [2.05, 4.69) is 12.0 Å². The van der Waals surface area contributed by atoms with E-state index in [1.807, 2.05) is 0 Å². The zero-order valence-corrected chi connectivity index (χ0v) is 22.4. The van der Waals surface area contributed by atoms with Crippen molar-refractivity contribution in [2.24, 2.45) is 0 Å². The summed E-state index contributed by atoms with van der Waals surface area (Å²) in [5.74, 6) is 0.922. The van der Waals surface area contributed by atoms with Gasteiger partial charge in [0.1, 0.15) is 17.6 Å². The first-order valence-electron chi connectivity index (χ1n) is 12.6. The normalized spacial score (nSPS) is 14.7. The molecule has 0 saturated carbocycles. The second-order valence-electron chi connectivity index (χ2n) is 9.87. The molecule has 2 aromatic rings. The van der Waals surface area contributed by atoms with Crippen LogP contribution in [0.1, 0.15) is 59.8 Å². The molecule has 1 N–H and O–H groups in total. The molecular formula is C27H37ClN4O4. The van der Waals surface area contributed by atoms with Crippen LogP contribution in [-0.4, -0.2) is 56.3 Å². The predicted octanol–water partition coefficient (Wildman–Crippen LogP) is 4.80. The number of halogens is 1. The second kappa shape index (κ2) is 12.4. The molecule has 0 aliphatic carbocycles. The first-order chi connectivity index (χ1) is 17.1. The van der Waals surface area contributed by atoms with Crippen LogP contribution < -0.4 is 9.64 Å². The Hall–Kier alpha value is -2.84. The van der Waals surface area contributed by atoms with E-state index in [0.717, 1.165) is 32.1 Å². The van der Waals surface area contributed by atoms with Crippen molar-refractivity contribution in [2.75, 3.05) is 18.0 Å². The summed E-state index contributed by atoms with van der Waals surface area (Å²) >= 11 is 6.18. The highest BCUT2D eigenvalue weighted by atomic mass is 35.5. The maximum absolute atomic E-state index is 13.7. The maximum Gasteiger partial charge on any atom is 0.251 e. The van der Waals surface area contributed by atoms with Crippen molar-refractivity contribution >= 4 is 29.2 Å². The Morgan fingerprint density at radius 3 is 2.64 bits per heavy atom. The van der Waals surface area contributed by atoms with Crippen LogP contribution in [0.5, 0.6) is 5.75 Å². The summed E-state index contributed by atoms with van der Waals surface area (Å²) in [5.41, 5.74) is -0.933. The van der Waals surface area contributed by atoms with Crippen LogP contribution in [0.2, 0.25) is 5.02 Å². The highest BCUT2D eigenvalue weighted by Crippen LogP contribution is 2.27. The smallest absolute Gasteiger partial charge is 0.251 e. The average Bonchev–Trinajstić information content (AvgIpc) is 3.41. The van der Waals surface area contributed by atoms with Crippen molar-refractivity contribution in [3.63, 3.8) is 0 Å². The molecule has 1 aromatic heterocycles. The molecular weight excluding hydrogens is 480 g/mol. The molecule has 1 aliphatic rings. The molecule has 1 atom stereocenters. The molecule has 3 rings (SSSR count). The number of amides is 2. The summed E-state index contributed by atoms with van der Waals surface area (Å²) < 4.78 is 7.47. The van der Waals surface area contributed by atoms with Crippen LogP contribution >= 0.6 is 11.6 Å². The largest absolute Gasteiger partial charge is 0.458 e. The number of ether oxygens (including phenoxy) is 1. The van der Waals surface area contributed by atoms with Gasteiger partial charge in [-0.3, -0.25) is 19.2 Å². The number of para-hydroxylation sites is 1. The van der Waals surface area contributed by atoms with E-state index in [4.69, 9.17) is 16.3 Å². The van der Waals surface area contributed by atoms with Crippen molar-refractivity contribution in [3.05, 3.63) is 53.4 Å². The number of aliphatic hydroxyl groups is 1. The zero-order chi connectivity index (χ0) is 26.3. The third-order valence-corrected chi connectivity index (χ3v) is 6.31. The van der Waals surface area contributed by atoms with Gasteiger partial charge in [-0.05, 0) is 39.3 Å². The summed E-state index contributed by atoms with van der Waals surface area (Å²) in [6.07, 6.45) is 8.42. The first-order valence-corrected chi connectivity index (χ1v) is 13.0. The molecule has 2 heterocycles. The number of rotatable bonds is 13. The molecule has 0 fully saturated rings. The molecule has 0 radical (unpaired) electrons. The van der Waals surface area contributed by atoms with Gasteiger partial charge in [0.15, 0.2) is 5.82 Å². The highest BCUT2D eigenvalue weighted by molar-refractivity contribution is 6.32. The molecule has 36 heavy (non-hydrogen) atoms. The monoisotopic (exact) mass is 516 g/mol. The predicted molar refractivity (Wildman–Crippen MR) is 141 cm³/mol. The number of aromatic nitrogens is 2. The number of hydrogen-bond acceptors (Lipinski definition) is 5. The van der Waals surface area contributed by atoms with Gasteiger partial charge < -0.3 is 14.7 Å². The summed E-state index contributed by atoms with van der Waals surface area (Å²) in [6.45, 7) is 8.29. The lowest BCUT2D eigenvalue weighted by Crippen LogP contribution is -2.48. The van der Waals surface area contributed by atoms with Crippen molar-refractivity contribution in [2.45, 2.75) is 78.0 Å². The van der Waals surface area contributed by atoms with Crippen LogP contribution in [0, 0.1) is 0 Å². The molecule has 2 amide bonds. The van der Waals surface area contributed by atoms with E-state index in [-0.39, 0.29) is 18.4 Å². The third-order valence-electron chi connectivity index (χ3n) is 6.00. The summed E-state index contributed by atoms with van der Waals surface area (Å²) in [5, 5.41) is 15.1. The number of hydrogen-bond donors (Lipinski definition) is 1. The molecule has 8 nitrogen and oxygen atoms in total. The van der Waals surface area contributed by atoms with Crippen LogP contribution in [0.15, 0.2) is 48.4 Å². The standard InChI is InChI=1S/C27H37ClN4O4/c1-5-6-7-8-11-15-31(24-14-16-30(29-24)19-27(3,4)35)26(34)20(2)32-18-21(17-25(32)33)36-23-13-10-9-12-22(23)28/h9-10,12-14,16-17,20,35H,5-8,11,15,18-19H2,1-4H3. The second-order valence-corrected chi connectivity index (χ2v) is 10.3. The van der Waals surface area contributed by atoms with E-state index in [0.29, 0.717) is 35.4 Å². The van der Waals surface area contributed by atoms with Crippen molar-refractivity contribution < 1.29 is 19.4 Å². The van der Waals surface area contributed by atoms with E-state index < -0.39 is 11.6 Å². The van der Waals surface area contributed by atoms with Gasteiger partial charge in [0.2, 0.25) is 0 Å². The maximum atomic E-state index is 13.7. The lowest BCUT2D eigenvalue weighted by Gasteiger charge is -2.29. The minimum Gasteiger partial charge on any atom is -0.458 e. The fourth-order valence-corrected chi connectivity index (χ4v) is 4.29. The SMILES string of the molecule is CCCCCCCN(C(=O)C(C)N1CC(Oc2ccccc2Cl)=CC1=O)c1ccn(CC(C)(C)O)n1. The van der Waals surface area contributed by atoms with E-state index >= 15 is 0 Å². The fraction of sp³-hybridized carbons (Fsp3) is 0.519. The van der Waals surface area contributed by atoms with Crippen LogP contribution in [0.3, 0.4) is 0 Å². The van der Waals surface area contributed by atoms with Gasteiger partial charge in [0, 0.05) is 24.9 Å². The van der Waals surface area contributed by atoms with Gasteiger partial charge in [0.25, 0.3) is 11.8 Å². The highest BCUT2D eigenvalue weighted by Gasteiger charge is 2.34. The van der Waals surface area contributed by atoms with Crippen LogP contribution in [-0.2, 0) is 16.1 Å². The van der Waals surface area contributed by atoms with Gasteiger partial charge in [-0.25, -0.2) is 0 Å². The first kappa shape index (κ1) is 27.7. The lowest BCUT2D eigenvalue weighted by molar-refractivity contribution is -0.133. The quantitative estimate of drug-likeness (QED) is 0.386. The van der Waals surface area contributed by atoms with Gasteiger partial charge >= 0.3 is 0 Å². The minimum absolute atomic E-state index is 0.175. The topological polar surface area (TPSA) is 87.9 Å². The van der Waals surface area contributed by atoms with Gasteiger partial charge in [-0.1, -0.05) is 56.3 Å². The Morgan fingerprint density at radius 2 is 1.94 bits per heavy atom. The molecule has 1 aromatic carbocycles. The molecule has 0 spiro atoms. The Labute approximate surface area is 218 Å². The minimum atomic E-state index is -0.933. The summed E-state index contributed by atoms with van der Waals surface area (Å²) in [7, 11) is 0. The van der Waals surface area contributed by atoms with Gasteiger partial charge in [-0.15, -0.1) is 0 Å².